The third-order valence-electron chi connectivity index (χ3n) is 4.52. The molecule has 126 valence electrons. The lowest BCUT2D eigenvalue weighted by Crippen LogP contribution is -2.10. The van der Waals surface area contributed by atoms with Crippen LogP contribution in [0.25, 0.3) is 11.0 Å². The second kappa shape index (κ2) is 6.05. The van der Waals surface area contributed by atoms with E-state index in [0.29, 0.717) is 16.2 Å². The molecule has 25 heavy (non-hydrogen) atoms. The summed E-state index contributed by atoms with van der Waals surface area (Å²) in [4.78, 5) is 24.4. The zero-order valence-corrected chi connectivity index (χ0v) is 14.4. The molecule has 4 nitrogen and oxygen atoms in total. The normalized spacial score (nSPS) is 13.0. The average molecular weight is 355 g/mol. The van der Waals surface area contributed by atoms with Crippen molar-refractivity contribution in [1.29, 1.82) is 0 Å². The Kier molecular flexibility index (Phi) is 3.85. The number of benzene rings is 2. The van der Waals surface area contributed by atoms with Crippen LogP contribution < -0.4 is 10.4 Å². The van der Waals surface area contributed by atoms with Crippen LogP contribution in [0.2, 0.25) is 5.02 Å². The van der Waals surface area contributed by atoms with E-state index >= 15 is 0 Å². The van der Waals surface area contributed by atoms with Gasteiger partial charge < -0.3 is 9.15 Å². The predicted molar refractivity (Wildman–Crippen MR) is 95.7 cm³/mol. The molecule has 1 aromatic heterocycles. The fraction of sp³-hybridized carbons (Fsp3) is 0.200. The number of aryl methyl sites for hydroxylation is 2. The average Bonchev–Trinajstić information content (AvgIpc) is 3.08. The Bertz CT molecular complexity index is 1050. The molecule has 0 spiro atoms. The van der Waals surface area contributed by atoms with Gasteiger partial charge in [0.25, 0.3) is 0 Å². The number of carbonyl (C=O) groups excluding carboxylic acids is 1. The molecule has 0 saturated heterocycles. The molecule has 1 heterocycles. The lowest BCUT2D eigenvalue weighted by Gasteiger charge is -2.09. The van der Waals surface area contributed by atoms with Crippen LogP contribution >= 0.6 is 11.6 Å². The van der Waals surface area contributed by atoms with E-state index in [1.54, 1.807) is 18.2 Å². The van der Waals surface area contributed by atoms with Gasteiger partial charge in [-0.1, -0.05) is 29.3 Å². The highest BCUT2D eigenvalue weighted by Crippen LogP contribution is 2.35. The van der Waals surface area contributed by atoms with Crippen LogP contribution in [0.1, 0.15) is 33.5 Å². The molecule has 4 rings (SSSR count). The summed E-state index contributed by atoms with van der Waals surface area (Å²) in [7, 11) is 0. The van der Waals surface area contributed by atoms with Crippen LogP contribution in [-0.2, 0) is 12.8 Å². The van der Waals surface area contributed by atoms with Crippen LogP contribution in [-0.4, -0.2) is 5.97 Å². The van der Waals surface area contributed by atoms with Gasteiger partial charge in [0.15, 0.2) is 5.75 Å². The summed E-state index contributed by atoms with van der Waals surface area (Å²) in [6.45, 7) is 1.94. The van der Waals surface area contributed by atoms with Crippen molar-refractivity contribution >= 4 is 28.5 Å². The number of hydrogen-bond acceptors (Lipinski definition) is 4. The Hall–Kier alpha value is -2.59. The second-order valence-electron chi connectivity index (χ2n) is 6.23. The van der Waals surface area contributed by atoms with Gasteiger partial charge in [-0.3, -0.25) is 0 Å². The van der Waals surface area contributed by atoms with Gasteiger partial charge in [0.2, 0.25) is 0 Å². The molecule has 0 fully saturated rings. The van der Waals surface area contributed by atoms with E-state index in [9.17, 15) is 9.59 Å². The van der Waals surface area contributed by atoms with Gasteiger partial charge in [0, 0.05) is 17.0 Å². The van der Waals surface area contributed by atoms with Crippen molar-refractivity contribution < 1.29 is 13.9 Å². The molecule has 1 aliphatic carbocycles. The first-order valence-electron chi connectivity index (χ1n) is 8.10. The SMILES string of the molecule is Cc1ccc(C(=O)Oc2cc3oc(=O)c4c(c3cc2Cl)CCC4)cc1. The maximum absolute atomic E-state index is 12.3. The first-order valence-corrected chi connectivity index (χ1v) is 8.47. The van der Waals surface area contributed by atoms with Crippen molar-refractivity contribution in [3.8, 4) is 5.75 Å². The Morgan fingerprint density at radius 3 is 2.60 bits per heavy atom. The van der Waals surface area contributed by atoms with E-state index in [0.717, 1.165) is 41.3 Å². The summed E-state index contributed by atoms with van der Waals surface area (Å²) in [6.07, 6.45) is 2.49. The van der Waals surface area contributed by atoms with E-state index in [4.69, 9.17) is 20.8 Å². The van der Waals surface area contributed by atoms with E-state index in [1.165, 1.54) is 6.07 Å². The third kappa shape index (κ3) is 2.83. The quantitative estimate of drug-likeness (QED) is 0.387. The van der Waals surface area contributed by atoms with E-state index in [-0.39, 0.29) is 11.4 Å². The smallest absolute Gasteiger partial charge is 0.343 e. The number of esters is 1. The molecular weight excluding hydrogens is 340 g/mol. The summed E-state index contributed by atoms with van der Waals surface area (Å²) in [5, 5.41) is 1.13. The standard InChI is InChI=1S/C20H15ClO4/c1-11-5-7-12(8-6-11)19(22)25-18-10-17-15(9-16(18)21)13-3-2-4-14(13)20(23)24-17/h5-10H,2-4H2,1H3. The van der Waals surface area contributed by atoms with Crippen LogP contribution in [0.5, 0.6) is 5.75 Å². The minimum atomic E-state index is -0.509. The number of rotatable bonds is 2. The summed E-state index contributed by atoms with van der Waals surface area (Å²) in [5.74, 6) is -0.328. The number of hydrogen-bond donors (Lipinski definition) is 0. The highest BCUT2D eigenvalue weighted by Gasteiger charge is 2.21. The van der Waals surface area contributed by atoms with Crippen molar-refractivity contribution in [3.63, 3.8) is 0 Å². The molecule has 0 radical (unpaired) electrons. The highest BCUT2D eigenvalue weighted by molar-refractivity contribution is 6.33. The number of halogens is 1. The van der Waals surface area contributed by atoms with Crippen molar-refractivity contribution in [3.05, 3.63) is 74.1 Å². The summed E-state index contributed by atoms with van der Waals surface area (Å²) in [6, 6.07) is 10.3. The highest BCUT2D eigenvalue weighted by atomic mass is 35.5. The van der Waals surface area contributed by atoms with Crippen molar-refractivity contribution in [1.82, 2.24) is 0 Å². The Morgan fingerprint density at radius 2 is 1.84 bits per heavy atom. The number of ether oxygens (including phenoxy) is 1. The molecule has 0 saturated carbocycles. The maximum atomic E-state index is 12.3. The molecule has 3 aromatic rings. The van der Waals surface area contributed by atoms with Crippen molar-refractivity contribution in [2.24, 2.45) is 0 Å². The largest absolute Gasteiger partial charge is 0.422 e. The monoisotopic (exact) mass is 354 g/mol. The van der Waals surface area contributed by atoms with E-state index in [1.807, 2.05) is 19.1 Å². The second-order valence-corrected chi connectivity index (χ2v) is 6.64. The van der Waals surface area contributed by atoms with Gasteiger partial charge in [0.05, 0.1) is 10.6 Å². The number of carbonyl (C=O) groups is 1. The first-order chi connectivity index (χ1) is 12.0. The topological polar surface area (TPSA) is 56.5 Å². The lowest BCUT2D eigenvalue weighted by atomic mass is 10.1. The minimum absolute atomic E-state index is 0.181. The van der Waals surface area contributed by atoms with Gasteiger partial charge in [-0.05, 0) is 49.9 Å². The van der Waals surface area contributed by atoms with Gasteiger partial charge in [-0.15, -0.1) is 0 Å². The molecular formula is C20H15ClO4. The van der Waals surface area contributed by atoms with E-state index in [2.05, 4.69) is 0 Å². The van der Waals surface area contributed by atoms with Gasteiger partial charge in [-0.2, -0.15) is 0 Å². The summed E-state index contributed by atoms with van der Waals surface area (Å²) >= 11 is 6.30. The molecule has 0 amide bonds. The maximum Gasteiger partial charge on any atom is 0.343 e. The molecule has 0 aliphatic heterocycles. The summed E-state index contributed by atoms with van der Waals surface area (Å²) in [5.41, 5.74) is 3.27. The fourth-order valence-electron chi connectivity index (χ4n) is 3.21. The number of fused-ring (bicyclic) bond motifs is 3. The van der Waals surface area contributed by atoms with Crippen LogP contribution in [0.4, 0.5) is 0 Å². The Balaban J connectivity index is 1.74. The first kappa shape index (κ1) is 15.9. The zero-order valence-electron chi connectivity index (χ0n) is 13.6. The van der Waals surface area contributed by atoms with Crippen molar-refractivity contribution in [2.75, 3.05) is 0 Å². The van der Waals surface area contributed by atoms with Crippen LogP contribution in [0.15, 0.2) is 45.6 Å². The molecule has 0 atom stereocenters. The Labute approximate surface area is 149 Å². The molecule has 5 heteroatoms. The molecule has 1 aliphatic rings. The van der Waals surface area contributed by atoms with Crippen molar-refractivity contribution in [2.45, 2.75) is 26.2 Å². The molecule has 0 bridgehead atoms. The summed E-state index contributed by atoms with van der Waals surface area (Å²) < 4.78 is 10.8. The molecule has 0 unspecified atom stereocenters. The molecule has 0 N–H and O–H groups in total. The molecule has 2 aromatic carbocycles. The minimum Gasteiger partial charge on any atom is -0.422 e. The van der Waals surface area contributed by atoms with Gasteiger partial charge in [-0.25, -0.2) is 9.59 Å². The fourth-order valence-corrected chi connectivity index (χ4v) is 3.41. The van der Waals surface area contributed by atoms with Crippen LogP contribution in [0, 0.1) is 6.92 Å². The lowest BCUT2D eigenvalue weighted by molar-refractivity contribution is 0.0735. The van der Waals surface area contributed by atoms with Gasteiger partial charge in [0.1, 0.15) is 5.58 Å². The predicted octanol–water partition coefficient (Wildman–Crippen LogP) is 4.46. The zero-order chi connectivity index (χ0) is 17.6. The van der Waals surface area contributed by atoms with E-state index < -0.39 is 5.97 Å². The van der Waals surface area contributed by atoms with Gasteiger partial charge >= 0.3 is 11.6 Å². The third-order valence-corrected chi connectivity index (χ3v) is 4.81. The Morgan fingerprint density at radius 1 is 1.12 bits per heavy atom. The van der Waals surface area contributed by atoms with Crippen LogP contribution in [0.3, 0.4) is 0 Å².